The van der Waals surface area contributed by atoms with Gasteiger partial charge in [0.1, 0.15) is 0 Å². The van der Waals surface area contributed by atoms with Crippen molar-refractivity contribution in [3.05, 3.63) is 42.2 Å². The average molecular weight is 308 g/mol. The van der Waals surface area contributed by atoms with E-state index in [1.807, 2.05) is 0 Å². The topological polar surface area (TPSA) is 86.9 Å². The number of H-pyrrole nitrogens is 1. The molecule has 0 aliphatic heterocycles. The molecule has 0 bridgehead atoms. The van der Waals surface area contributed by atoms with E-state index >= 15 is 0 Å². The monoisotopic (exact) mass is 308 g/mol. The number of rotatable bonds is 7. The number of aromatic nitrogens is 2. The summed E-state index contributed by atoms with van der Waals surface area (Å²) in [5, 5.41) is 9.70. The van der Waals surface area contributed by atoms with E-state index in [0.29, 0.717) is 0 Å². The first kappa shape index (κ1) is 15.5. The Kier molecular flexibility index (Phi) is 4.98. The van der Waals surface area contributed by atoms with Crippen LogP contribution in [0.3, 0.4) is 0 Å². The molecule has 0 radical (unpaired) electrons. The molecular weight excluding hydrogens is 288 g/mol. The van der Waals surface area contributed by atoms with E-state index in [1.54, 1.807) is 43.6 Å². The van der Waals surface area contributed by atoms with Gasteiger partial charge in [0.15, 0.2) is 0 Å². The van der Waals surface area contributed by atoms with Crippen LogP contribution < -0.4 is 10.0 Å². The van der Waals surface area contributed by atoms with Crippen LogP contribution in [0.5, 0.6) is 0 Å². The summed E-state index contributed by atoms with van der Waals surface area (Å²) in [5.41, 5.74) is 1.71. The van der Waals surface area contributed by atoms with Gasteiger partial charge in [-0.2, -0.15) is 5.10 Å². The molecule has 2 aromatic rings. The maximum Gasteiger partial charge on any atom is 0.241 e. The van der Waals surface area contributed by atoms with Crippen LogP contribution in [-0.4, -0.2) is 25.2 Å². The predicted molar refractivity (Wildman–Crippen MR) is 82.5 cm³/mol. The minimum absolute atomic E-state index is 0.250. The van der Waals surface area contributed by atoms with Crippen LogP contribution in [0.25, 0.3) is 0 Å². The van der Waals surface area contributed by atoms with Crippen molar-refractivity contribution in [2.45, 2.75) is 31.2 Å². The highest BCUT2D eigenvalue weighted by atomic mass is 32.2. The normalized spacial score (nSPS) is 13.0. The average Bonchev–Trinajstić information content (AvgIpc) is 2.99. The largest absolute Gasteiger partial charge is 0.385 e. The second kappa shape index (κ2) is 6.73. The standard InChI is InChI=1S/C14H20N4O2S/c1-3-8-15-13-4-6-14(7-5-13)21(19,20)18-11(2)12-9-16-17-10-12/h4-7,9-11,15,18H,3,8H2,1-2H3,(H,16,17). The highest BCUT2D eigenvalue weighted by molar-refractivity contribution is 7.89. The molecule has 0 saturated heterocycles. The van der Waals surface area contributed by atoms with Crippen LogP contribution in [0.4, 0.5) is 5.69 Å². The fraction of sp³-hybridized carbons (Fsp3) is 0.357. The molecule has 1 unspecified atom stereocenters. The third-order valence-electron chi connectivity index (χ3n) is 3.10. The van der Waals surface area contributed by atoms with Gasteiger partial charge in [0.05, 0.1) is 11.1 Å². The molecule has 1 atom stereocenters. The summed E-state index contributed by atoms with van der Waals surface area (Å²) >= 11 is 0. The zero-order valence-electron chi connectivity index (χ0n) is 12.1. The van der Waals surface area contributed by atoms with Gasteiger partial charge in [0, 0.05) is 30.0 Å². The quantitative estimate of drug-likeness (QED) is 0.732. The van der Waals surface area contributed by atoms with Gasteiger partial charge in [-0.25, -0.2) is 13.1 Å². The van der Waals surface area contributed by atoms with Crippen molar-refractivity contribution in [2.24, 2.45) is 0 Å². The molecule has 1 aromatic carbocycles. The van der Waals surface area contributed by atoms with Crippen LogP contribution in [0, 0.1) is 0 Å². The van der Waals surface area contributed by atoms with E-state index in [4.69, 9.17) is 0 Å². The number of sulfonamides is 1. The molecule has 0 saturated carbocycles. The molecule has 6 nitrogen and oxygen atoms in total. The summed E-state index contributed by atoms with van der Waals surface area (Å²) in [7, 11) is -3.54. The Bertz CT molecular complexity index is 651. The van der Waals surface area contributed by atoms with Crippen molar-refractivity contribution in [2.75, 3.05) is 11.9 Å². The van der Waals surface area contributed by atoms with E-state index in [9.17, 15) is 8.42 Å². The number of nitrogens with one attached hydrogen (secondary N) is 3. The lowest BCUT2D eigenvalue weighted by molar-refractivity contribution is 0.567. The molecule has 1 heterocycles. The van der Waals surface area contributed by atoms with Gasteiger partial charge in [-0.1, -0.05) is 6.92 Å². The third kappa shape index (κ3) is 4.05. The molecular formula is C14H20N4O2S. The van der Waals surface area contributed by atoms with Crippen LogP contribution in [0.2, 0.25) is 0 Å². The molecule has 7 heteroatoms. The molecule has 2 rings (SSSR count). The summed E-state index contributed by atoms with van der Waals surface area (Å²) < 4.78 is 27.2. The minimum Gasteiger partial charge on any atom is -0.385 e. The summed E-state index contributed by atoms with van der Waals surface area (Å²) in [5.74, 6) is 0. The predicted octanol–water partition coefficient (Wildman–Crippen LogP) is 2.27. The molecule has 0 fully saturated rings. The van der Waals surface area contributed by atoms with E-state index in [-0.39, 0.29) is 10.9 Å². The first-order chi connectivity index (χ1) is 10.0. The van der Waals surface area contributed by atoms with Crippen molar-refractivity contribution in [3.8, 4) is 0 Å². The number of anilines is 1. The third-order valence-corrected chi connectivity index (χ3v) is 4.65. The maximum absolute atomic E-state index is 12.3. The summed E-state index contributed by atoms with van der Waals surface area (Å²) in [4.78, 5) is 0.250. The second-order valence-electron chi connectivity index (χ2n) is 4.83. The van der Waals surface area contributed by atoms with Gasteiger partial charge < -0.3 is 5.32 Å². The van der Waals surface area contributed by atoms with E-state index in [2.05, 4.69) is 27.2 Å². The Balaban J connectivity index is 2.08. The van der Waals surface area contributed by atoms with Crippen molar-refractivity contribution in [1.82, 2.24) is 14.9 Å². The summed E-state index contributed by atoms with van der Waals surface area (Å²) in [6, 6.07) is 6.40. The van der Waals surface area contributed by atoms with Crippen LogP contribution >= 0.6 is 0 Å². The van der Waals surface area contributed by atoms with Gasteiger partial charge in [0.2, 0.25) is 10.0 Å². The van der Waals surface area contributed by atoms with Crippen molar-refractivity contribution in [1.29, 1.82) is 0 Å². The van der Waals surface area contributed by atoms with Crippen LogP contribution in [0.1, 0.15) is 31.9 Å². The Morgan fingerprint density at radius 2 is 2.00 bits per heavy atom. The summed E-state index contributed by atoms with van der Waals surface area (Å²) in [6.07, 6.45) is 4.29. The van der Waals surface area contributed by atoms with E-state index < -0.39 is 10.0 Å². The minimum atomic E-state index is -3.54. The maximum atomic E-state index is 12.3. The SMILES string of the molecule is CCCNc1ccc(S(=O)(=O)NC(C)c2cn[nH]c2)cc1. The lowest BCUT2D eigenvalue weighted by atomic mass is 10.2. The van der Waals surface area contributed by atoms with Gasteiger partial charge in [-0.3, -0.25) is 5.10 Å². The number of hydrogen-bond acceptors (Lipinski definition) is 4. The fourth-order valence-electron chi connectivity index (χ4n) is 1.89. The Labute approximate surface area is 125 Å². The molecule has 114 valence electrons. The molecule has 3 N–H and O–H groups in total. The van der Waals surface area contributed by atoms with E-state index in [0.717, 1.165) is 24.2 Å². The Hall–Kier alpha value is -1.86. The van der Waals surface area contributed by atoms with Crippen LogP contribution in [0.15, 0.2) is 41.6 Å². The van der Waals surface area contributed by atoms with Gasteiger partial charge in [-0.15, -0.1) is 0 Å². The number of nitrogens with zero attached hydrogens (tertiary/aromatic N) is 1. The lowest BCUT2D eigenvalue weighted by Gasteiger charge is -2.13. The Morgan fingerprint density at radius 3 is 2.57 bits per heavy atom. The zero-order valence-corrected chi connectivity index (χ0v) is 12.9. The van der Waals surface area contributed by atoms with Crippen molar-refractivity contribution >= 4 is 15.7 Å². The van der Waals surface area contributed by atoms with Gasteiger partial charge >= 0.3 is 0 Å². The van der Waals surface area contributed by atoms with Gasteiger partial charge in [0.25, 0.3) is 0 Å². The smallest absolute Gasteiger partial charge is 0.241 e. The zero-order chi connectivity index (χ0) is 15.3. The number of aromatic amines is 1. The lowest BCUT2D eigenvalue weighted by Crippen LogP contribution is -2.26. The summed E-state index contributed by atoms with van der Waals surface area (Å²) in [6.45, 7) is 4.72. The van der Waals surface area contributed by atoms with Crippen molar-refractivity contribution < 1.29 is 8.42 Å². The second-order valence-corrected chi connectivity index (χ2v) is 6.54. The molecule has 21 heavy (non-hydrogen) atoms. The molecule has 0 spiro atoms. The van der Waals surface area contributed by atoms with E-state index in [1.165, 1.54) is 0 Å². The first-order valence-electron chi connectivity index (χ1n) is 6.88. The van der Waals surface area contributed by atoms with Crippen LogP contribution in [-0.2, 0) is 10.0 Å². The fourth-order valence-corrected chi connectivity index (χ4v) is 3.12. The Morgan fingerprint density at radius 1 is 1.29 bits per heavy atom. The molecule has 0 amide bonds. The molecule has 0 aliphatic carbocycles. The highest BCUT2D eigenvalue weighted by Gasteiger charge is 2.18. The number of benzene rings is 1. The molecule has 1 aromatic heterocycles. The highest BCUT2D eigenvalue weighted by Crippen LogP contribution is 2.17. The first-order valence-corrected chi connectivity index (χ1v) is 8.36. The number of hydrogen-bond donors (Lipinski definition) is 3. The van der Waals surface area contributed by atoms with Gasteiger partial charge in [-0.05, 0) is 37.6 Å². The van der Waals surface area contributed by atoms with Crippen molar-refractivity contribution in [3.63, 3.8) is 0 Å². The molecule has 0 aliphatic rings.